The summed E-state index contributed by atoms with van der Waals surface area (Å²) >= 11 is 1.57. The highest BCUT2D eigenvalue weighted by Gasteiger charge is 2.17. The summed E-state index contributed by atoms with van der Waals surface area (Å²) in [6.45, 7) is 1.80. The number of phenolic OH excluding ortho intramolecular Hbond substituents is 1. The first-order valence-electron chi connectivity index (χ1n) is 7.39. The van der Waals surface area contributed by atoms with Gasteiger partial charge in [0, 0.05) is 10.4 Å². The molecule has 5 heteroatoms. The van der Waals surface area contributed by atoms with Crippen LogP contribution in [0, 0.1) is 0 Å². The molecule has 0 saturated heterocycles. The molecule has 0 atom stereocenters. The third-order valence-corrected chi connectivity index (χ3v) is 5.05. The number of fused-ring (bicyclic) bond motifs is 1. The molecule has 0 aliphatic heterocycles. The number of benzene rings is 1. The van der Waals surface area contributed by atoms with Crippen molar-refractivity contribution in [3.63, 3.8) is 0 Å². The molecule has 1 amide bonds. The lowest BCUT2D eigenvalue weighted by Crippen LogP contribution is -2.18. The lowest BCUT2D eigenvalue weighted by atomic mass is 9.99. The van der Waals surface area contributed by atoms with Crippen molar-refractivity contribution < 1.29 is 9.90 Å². The molecule has 0 unspecified atom stereocenters. The van der Waals surface area contributed by atoms with Crippen LogP contribution in [-0.4, -0.2) is 16.7 Å². The van der Waals surface area contributed by atoms with Crippen LogP contribution in [0.4, 0.5) is 0 Å². The number of aryl methyl sites for hydroxylation is 2. The minimum absolute atomic E-state index is 0.168. The van der Waals surface area contributed by atoms with Gasteiger partial charge in [-0.2, -0.15) is 5.10 Å². The van der Waals surface area contributed by atoms with Crippen molar-refractivity contribution in [3.05, 3.63) is 51.2 Å². The molecule has 1 aromatic heterocycles. The van der Waals surface area contributed by atoms with Crippen molar-refractivity contribution in [1.82, 2.24) is 5.43 Å². The van der Waals surface area contributed by atoms with E-state index in [4.69, 9.17) is 0 Å². The van der Waals surface area contributed by atoms with E-state index in [1.54, 1.807) is 36.5 Å². The summed E-state index contributed by atoms with van der Waals surface area (Å²) in [6, 6.07) is 8.81. The lowest BCUT2D eigenvalue weighted by Gasteiger charge is -2.08. The van der Waals surface area contributed by atoms with Crippen LogP contribution in [0.3, 0.4) is 0 Å². The number of nitrogens with one attached hydrogen (secondary N) is 1. The van der Waals surface area contributed by atoms with Crippen LogP contribution >= 0.6 is 11.3 Å². The van der Waals surface area contributed by atoms with Crippen LogP contribution in [0.2, 0.25) is 0 Å². The van der Waals surface area contributed by atoms with Gasteiger partial charge in [0.05, 0.1) is 10.6 Å². The molecule has 3 rings (SSSR count). The largest absolute Gasteiger partial charge is 0.508 e. The smallest absolute Gasteiger partial charge is 0.281 e. The Labute approximate surface area is 133 Å². The Kier molecular flexibility index (Phi) is 4.24. The molecule has 4 nitrogen and oxygen atoms in total. The summed E-state index contributed by atoms with van der Waals surface area (Å²) < 4.78 is 0. The van der Waals surface area contributed by atoms with Gasteiger partial charge in [0.2, 0.25) is 0 Å². The third-order valence-electron chi connectivity index (χ3n) is 3.81. The number of hydrogen-bond donors (Lipinski definition) is 2. The number of carbonyl (C=O) groups excluding carboxylic acids is 1. The van der Waals surface area contributed by atoms with Crippen LogP contribution in [-0.2, 0) is 12.8 Å². The number of aromatic hydroxyl groups is 1. The molecule has 0 radical (unpaired) electrons. The first kappa shape index (κ1) is 14.8. The number of rotatable bonds is 3. The van der Waals surface area contributed by atoms with Crippen LogP contribution in [0.25, 0.3) is 0 Å². The Balaban J connectivity index is 1.71. The molecule has 0 saturated carbocycles. The van der Waals surface area contributed by atoms with Crippen molar-refractivity contribution in [2.45, 2.75) is 32.6 Å². The van der Waals surface area contributed by atoms with Gasteiger partial charge in [-0.3, -0.25) is 4.79 Å². The van der Waals surface area contributed by atoms with Gasteiger partial charge in [-0.15, -0.1) is 11.3 Å². The van der Waals surface area contributed by atoms with Gasteiger partial charge in [0.15, 0.2) is 0 Å². The predicted molar refractivity (Wildman–Crippen MR) is 88.7 cm³/mol. The Morgan fingerprint density at radius 1 is 1.27 bits per heavy atom. The average molecular weight is 314 g/mol. The number of phenols is 1. The van der Waals surface area contributed by atoms with E-state index < -0.39 is 0 Å². The van der Waals surface area contributed by atoms with Gasteiger partial charge in [-0.05, 0) is 56.4 Å². The maximum Gasteiger partial charge on any atom is 0.281 e. The van der Waals surface area contributed by atoms with Gasteiger partial charge in [0.1, 0.15) is 5.75 Å². The van der Waals surface area contributed by atoms with Crippen LogP contribution < -0.4 is 5.43 Å². The van der Waals surface area contributed by atoms with Crippen molar-refractivity contribution in [1.29, 1.82) is 0 Å². The number of carbonyl (C=O) groups is 1. The summed E-state index contributed by atoms with van der Waals surface area (Å²) in [4.78, 5) is 14.3. The third kappa shape index (κ3) is 3.20. The van der Waals surface area contributed by atoms with Gasteiger partial charge in [-0.25, -0.2) is 5.43 Å². The Hall–Kier alpha value is -2.14. The minimum atomic E-state index is -0.168. The molecule has 0 fully saturated rings. The molecule has 1 heterocycles. The molecule has 1 aromatic carbocycles. The Morgan fingerprint density at radius 3 is 2.86 bits per heavy atom. The molecule has 2 aromatic rings. The fraction of sp³-hybridized carbons (Fsp3) is 0.294. The average Bonchev–Trinajstić information content (AvgIpc) is 2.96. The number of hydrogen-bond acceptors (Lipinski definition) is 4. The predicted octanol–water partition coefficient (Wildman–Crippen LogP) is 3.49. The normalized spacial score (nSPS) is 14.5. The number of nitrogens with zero attached hydrogens (tertiary/aromatic N) is 1. The SMILES string of the molecule is CC(=NNC(=O)c1cc2c(s1)CCCC2)c1cccc(O)c1. The van der Waals surface area contributed by atoms with Crippen molar-refractivity contribution in [2.75, 3.05) is 0 Å². The maximum atomic E-state index is 12.2. The fourth-order valence-electron chi connectivity index (χ4n) is 2.59. The Morgan fingerprint density at radius 2 is 2.09 bits per heavy atom. The monoisotopic (exact) mass is 314 g/mol. The molecule has 2 N–H and O–H groups in total. The quantitative estimate of drug-likeness (QED) is 0.673. The number of thiophene rings is 1. The van der Waals surface area contributed by atoms with E-state index in [1.807, 2.05) is 12.1 Å². The highest BCUT2D eigenvalue weighted by molar-refractivity contribution is 7.14. The highest BCUT2D eigenvalue weighted by atomic mass is 32.1. The van der Waals surface area contributed by atoms with Gasteiger partial charge in [-0.1, -0.05) is 12.1 Å². The molecule has 114 valence electrons. The van der Waals surface area contributed by atoms with E-state index in [-0.39, 0.29) is 11.7 Å². The molecule has 22 heavy (non-hydrogen) atoms. The fourth-order valence-corrected chi connectivity index (χ4v) is 3.73. The molecule has 0 bridgehead atoms. The lowest BCUT2D eigenvalue weighted by molar-refractivity contribution is 0.0959. The zero-order chi connectivity index (χ0) is 15.5. The molecule has 1 aliphatic rings. The summed E-state index contributed by atoms with van der Waals surface area (Å²) in [5.74, 6) is 0.0169. The van der Waals surface area contributed by atoms with E-state index >= 15 is 0 Å². The van der Waals surface area contributed by atoms with Crippen LogP contribution in [0.1, 0.15) is 45.4 Å². The highest BCUT2D eigenvalue weighted by Crippen LogP contribution is 2.29. The second-order valence-corrected chi connectivity index (χ2v) is 6.59. The summed E-state index contributed by atoms with van der Waals surface area (Å²) in [5.41, 5.74) is 5.36. The van der Waals surface area contributed by atoms with Gasteiger partial charge < -0.3 is 5.11 Å². The molecule has 0 spiro atoms. The van der Waals surface area contributed by atoms with Crippen molar-refractivity contribution in [3.8, 4) is 5.75 Å². The molecule has 1 aliphatic carbocycles. The standard InChI is InChI=1S/C17H18N2O2S/c1-11(12-6-4-7-14(20)9-12)18-19-17(21)16-10-13-5-2-3-8-15(13)22-16/h4,6-7,9-10,20H,2-3,5,8H2,1H3,(H,19,21). The summed E-state index contributed by atoms with van der Waals surface area (Å²) in [5, 5.41) is 13.6. The zero-order valence-corrected chi connectivity index (χ0v) is 13.2. The molecular formula is C17H18N2O2S. The van der Waals surface area contributed by atoms with Crippen molar-refractivity contribution >= 4 is 23.0 Å². The topological polar surface area (TPSA) is 61.7 Å². The van der Waals surface area contributed by atoms with Crippen LogP contribution in [0.15, 0.2) is 35.4 Å². The minimum Gasteiger partial charge on any atom is -0.508 e. The molecular weight excluding hydrogens is 296 g/mol. The zero-order valence-electron chi connectivity index (χ0n) is 12.4. The number of hydrazone groups is 1. The van der Waals surface area contributed by atoms with Crippen molar-refractivity contribution in [2.24, 2.45) is 5.10 Å². The summed E-state index contributed by atoms with van der Waals surface area (Å²) in [7, 11) is 0. The second-order valence-electron chi connectivity index (χ2n) is 5.45. The first-order chi connectivity index (χ1) is 10.6. The van der Waals surface area contributed by atoms with E-state index in [0.717, 1.165) is 23.3 Å². The maximum absolute atomic E-state index is 12.2. The van der Waals surface area contributed by atoms with E-state index in [9.17, 15) is 9.90 Å². The van der Waals surface area contributed by atoms with E-state index in [1.165, 1.54) is 23.3 Å². The van der Waals surface area contributed by atoms with E-state index in [2.05, 4.69) is 10.5 Å². The van der Waals surface area contributed by atoms with Gasteiger partial charge >= 0.3 is 0 Å². The summed E-state index contributed by atoms with van der Waals surface area (Å²) in [6.07, 6.45) is 4.58. The van der Waals surface area contributed by atoms with E-state index in [0.29, 0.717) is 5.71 Å². The van der Waals surface area contributed by atoms with Crippen LogP contribution in [0.5, 0.6) is 5.75 Å². The Bertz CT molecular complexity index is 711. The number of amides is 1. The van der Waals surface area contributed by atoms with Gasteiger partial charge in [0.25, 0.3) is 5.91 Å². The second kappa shape index (κ2) is 6.32. The first-order valence-corrected chi connectivity index (χ1v) is 8.21.